The summed E-state index contributed by atoms with van der Waals surface area (Å²) in [6.07, 6.45) is 2.00. The third kappa shape index (κ3) is 2.92. The Bertz CT molecular complexity index is 799. The summed E-state index contributed by atoms with van der Waals surface area (Å²) in [6, 6.07) is 13.2. The molecule has 3 rings (SSSR count). The zero-order chi connectivity index (χ0) is 15.7. The summed E-state index contributed by atoms with van der Waals surface area (Å²) in [5.74, 6) is 1.54. The number of nitrogens with zero attached hydrogens (tertiary/aromatic N) is 1. The molecule has 2 heteroatoms. The Hall–Kier alpha value is -2.09. The molecule has 2 aromatic carbocycles. The van der Waals surface area contributed by atoms with Gasteiger partial charge in [0.2, 0.25) is 0 Å². The highest BCUT2D eigenvalue weighted by molar-refractivity contribution is 5.75. The van der Waals surface area contributed by atoms with Gasteiger partial charge in [0, 0.05) is 6.42 Å². The van der Waals surface area contributed by atoms with Crippen molar-refractivity contribution in [2.24, 2.45) is 0 Å². The van der Waals surface area contributed by atoms with Crippen LogP contribution in [0.5, 0.6) is 0 Å². The lowest BCUT2D eigenvalue weighted by Gasteiger charge is -2.14. The number of imidazole rings is 1. The molecule has 0 fully saturated rings. The van der Waals surface area contributed by atoms with Gasteiger partial charge in [-0.05, 0) is 55.0 Å². The van der Waals surface area contributed by atoms with Crippen LogP contribution in [0.2, 0.25) is 0 Å². The number of nitrogens with one attached hydrogen (secondary N) is 1. The quantitative estimate of drug-likeness (QED) is 0.713. The van der Waals surface area contributed by atoms with Gasteiger partial charge in [0.15, 0.2) is 0 Å². The van der Waals surface area contributed by atoms with Gasteiger partial charge in [0.1, 0.15) is 5.82 Å². The maximum atomic E-state index is 4.78. The van der Waals surface area contributed by atoms with Crippen LogP contribution in [0.4, 0.5) is 0 Å². The highest BCUT2D eigenvalue weighted by Gasteiger charge is 2.12. The lowest BCUT2D eigenvalue weighted by molar-refractivity contribution is 0.724. The van der Waals surface area contributed by atoms with Crippen molar-refractivity contribution in [1.29, 1.82) is 0 Å². The molecule has 114 valence electrons. The minimum atomic E-state index is 0.465. The predicted octanol–water partition coefficient (Wildman–Crippen LogP) is 5.09. The molecule has 1 heterocycles. The second-order valence-electron chi connectivity index (χ2n) is 6.35. The third-order valence-corrected chi connectivity index (χ3v) is 4.46. The molecule has 1 atom stereocenters. The van der Waals surface area contributed by atoms with Crippen molar-refractivity contribution in [3.05, 3.63) is 64.5 Å². The van der Waals surface area contributed by atoms with E-state index in [4.69, 9.17) is 4.98 Å². The molecule has 0 aliphatic heterocycles. The first kappa shape index (κ1) is 14.8. The highest BCUT2D eigenvalue weighted by atomic mass is 14.9. The van der Waals surface area contributed by atoms with Gasteiger partial charge >= 0.3 is 0 Å². The number of aryl methyl sites for hydroxylation is 3. The van der Waals surface area contributed by atoms with Crippen LogP contribution in [0.25, 0.3) is 11.0 Å². The fraction of sp³-hybridized carbons (Fsp3) is 0.350. The molecule has 22 heavy (non-hydrogen) atoms. The summed E-state index contributed by atoms with van der Waals surface area (Å²) in [5.41, 5.74) is 7.68. The van der Waals surface area contributed by atoms with Crippen molar-refractivity contribution in [3.8, 4) is 0 Å². The Balaban J connectivity index is 1.85. The fourth-order valence-electron chi connectivity index (χ4n) is 3.20. The number of rotatable bonds is 4. The van der Waals surface area contributed by atoms with Crippen LogP contribution < -0.4 is 0 Å². The zero-order valence-corrected chi connectivity index (χ0v) is 13.9. The normalized spacial score (nSPS) is 12.7. The molecule has 3 aromatic rings. The molecular weight excluding hydrogens is 268 g/mol. The number of fused-ring (bicyclic) bond motifs is 1. The number of hydrogen-bond donors (Lipinski definition) is 1. The van der Waals surface area contributed by atoms with Crippen molar-refractivity contribution in [2.75, 3.05) is 0 Å². The second-order valence-corrected chi connectivity index (χ2v) is 6.35. The van der Waals surface area contributed by atoms with Gasteiger partial charge in [-0.25, -0.2) is 4.98 Å². The Kier molecular flexibility index (Phi) is 4.02. The van der Waals surface area contributed by atoms with Crippen LogP contribution in [0.15, 0.2) is 36.4 Å². The van der Waals surface area contributed by atoms with Crippen LogP contribution in [0.1, 0.15) is 47.8 Å². The minimum absolute atomic E-state index is 0.465. The summed E-state index contributed by atoms with van der Waals surface area (Å²) in [7, 11) is 0. The van der Waals surface area contributed by atoms with Gasteiger partial charge in [-0.1, -0.05) is 43.7 Å². The van der Waals surface area contributed by atoms with E-state index in [0.717, 1.165) is 29.7 Å². The van der Waals surface area contributed by atoms with Gasteiger partial charge in [-0.15, -0.1) is 0 Å². The lowest BCUT2D eigenvalue weighted by Crippen LogP contribution is -2.02. The van der Waals surface area contributed by atoms with Crippen LogP contribution >= 0.6 is 0 Å². The van der Waals surface area contributed by atoms with Crippen LogP contribution in [-0.2, 0) is 12.8 Å². The molecule has 0 amide bonds. The van der Waals surface area contributed by atoms with E-state index >= 15 is 0 Å². The fourth-order valence-corrected chi connectivity index (χ4v) is 3.20. The van der Waals surface area contributed by atoms with Crippen molar-refractivity contribution >= 4 is 11.0 Å². The summed E-state index contributed by atoms with van der Waals surface area (Å²) < 4.78 is 0. The van der Waals surface area contributed by atoms with Crippen LogP contribution in [0.3, 0.4) is 0 Å². The minimum Gasteiger partial charge on any atom is -0.342 e. The van der Waals surface area contributed by atoms with E-state index in [9.17, 15) is 0 Å². The molecule has 1 N–H and O–H groups in total. The highest BCUT2D eigenvalue weighted by Crippen LogP contribution is 2.24. The van der Waals surface area contributed by atoms with E-state index in [1.807, 2.05) is 0 Å². The van der Waals surface area contributed by atoms with Crippen LogP contribution in [0, 0.1) is 13.8 Å². The van der Waals surface area contributed by atoms with Crippen molar-refractivity contribution in [1.82, 2.24) is 9.97 Å². The number of aromatic nitrogens is 2. The Labute approximate surface area is 132 Å². The Morgan fingerprint density at radius 3 is 2.64 bits per heavy atom. The number of aromatic amines is 1. The lowest BCUT2D eigenvalue weighted by atomic mass is 9.92. The topological polar surface area (TPSA) is 28.7 Å². The van der Waals surface area contributed by atoms with E-state index in [2.05, 4.69) is 69.1 Å². The number of benzene rings is 2. The summed E-state index contributed by atoms with van der Waals surface area (Å²) in [6.45, 7) is 8.80. The molecule has 0 spiro atoms. The van der Waals surface area contributed by atoms with E-state index < -0.39 is 0 Å². The largest absolute Gasteiger partial charge is 0.342 e. The molecule has 2 nitrogen and oxygen atoms in total. The van der Waals surface area contributed by atoms with E-state index in [1.165, 1.54) is 22.3 Å². The molecule has 0 radical (unpaired) electrons. The first-order chi connectivity index (χ1) is 10.6. The van der Waals surface area contributed by atoms with Crippen molar-refractivity contribution in [2.45, 2.75) is 46.5 Å². The molecule has 0 bridgehead atoms. The predicted molar refractivity (Wildman–Crippen MR) is 93.5 cm³/mol. The van der Waals surface area contributed by atoms with Gasteiger partial charge in [-0.2, -0.15) is 0 Å². The van der Waals surface area contributed by atoms with Gasteiger partial charge in [-0.3, -0.25) is 0 Å². The molecule has 0 saturated heterocycles. The van der Waals surface area contributed by atoms with E-state index in [-0.39, 0.29) is 0 Å². The monoisotopic (exact) mass is 292 g/mol. The second kappa shape index (κ2) is 5.96. The number of hydrogen-bond acceptors (Lipinski definition) is 1. The van der Waals surface area contributed by atoms with Gasteiger partial charge < -0.3 is 4.98 Å². The van der Waals surface area contributed by atoms with E-state index in [0.29, 0.717) is 5.92 Å². The zero-order valence-electron chi connectivity index (χ0n) is 13.9. The smallest absolute Gasteiger partial charge is 0.107 e. The average molecular weight is 292 g/mol. The van der Waals surface area contributed by atoms with E-state index in [1.54, 1.807) is 0 Å². The summed E-state index contributed by atoms with van der Waals surface area (Å²) in [5, 5.41) is 0. The standard InChI is InChI=1S/C20H24N2/c1-5-16-7-9-18-19(12-16)22-20(21-18)11-15(4)17-8-6-13(2)10-14(17)3/h6-10,12,15H,5,11H2,1-4H3,(H,21,22). The maximum absolute atomic E-state index is 4.78. The Morgan fingerprint density at radius 2 is 1.91 bits per heavy atom. The van der Waals surface area contributed by atoms with Crippen molar-refractivity contribution in [3.63, 3.8) is 0 Å². The maximum Gasteiger partial charge on any atom is 0.107 e. The number of H-pyrrole nitrogens is 1. The van der Waals surface area contributed by atoms with Crippen molar-refractivity contribution < 1.29 is 0 Å². The molecule has 1 aromatic heterocycles. The molecule has 1 unspecified atom stereocenters. The summed E-state index contributed by atoms with van der Waals surface area (Å²) in [4.78, 5) is 8.25. The van der Waals surface area contributed by atoms with Crippen LogP contribution in [-0.4, -0.2) is 9.97 Å². The molecule has 0 aliphatic rings. The average Bonchev–Trinajstić information content (AvgIpc) is 2.87. The first-order valence-electron chi connectivity index (χ1n) is 8.11. The SMILES string of the molecule is CCc1ccc2[nH]c(CC(C)c3ccc(C)cc3C)nc2c1. The molecule has 0 aliphatic carbocycles. The van der Waals surface area contributed by atoms with Gasteiger partial charge in [0.05, 0.1) is 11.0 Å². The molecular formula is C20H24N2. The summed E-state index contributed by atoms with van der Waals surface area (Å²) >= 11 is 0. The molecule has 0 saturated carbocycles. The first-order valence-corrected chi connectivity index (χ1v) is 8.11. The van der Waals surface area contributed by atoms with Gasteiger partial charge in [0.25, 0.3) is 0 Å². The Morgan fingerprint density at radius 1 is 1.09 bits per heavy atom. The third-order valence-electron chi connectivity index (χ3n) is 4.46.